The molecule has 0 aromatic heterocycles. The van der Waals surface area contributed by atoms with E-state index in [-0.39, 0.29) is 11.6 Å². The third-order valence-corrected chi connectivity index (χ3v) is 3.77. The van der Waals surface area contributed by atoms with Crippen LogP contribution < -0.4 is 11.1 Å². The number of carbonyl (C=O) groups is 1. The fraction of sp³-hybridized carbons (Fsp3) is 0.917. The van der Waals surface area contributed by atoms with Crippen molar-refractivity contribution in [1.29, 1.82) is 0 Å². The molecule has 0 aromatic carbocycles. The van der Waals surface area contributed by atoms with Crippen LogP contribution in [0.25, 0.3) is 0 Å². The van der Waals surface area contributed by atoms with Crippen LogP contribution in [0.2, 0.25) is 0 Å². The van der Waals surface area contributed by atoms with Gasteiger partial charge in [0.15, 0.2) is 0 Å². The number of carbonyl (C=O) groups excluding carboxylic acids is 1. The number of hydrogen-bond acceptors (Lipinski definition) is 3. The van der Waals surface area contributed by atoms with Gasteiger partial charge in [0.25, 0.3) is 0 Å². The van der Waals surface area contributed by atoms with Gasteiger partial charge in [-0.3, -0.25) is 0 Å². The highest BCUT2D eigenvalue weighted by atomic mass is 16.5. The molecule has 0 atom stereocenters. The van der Waals surface area contributed by atoms with Gasteiger partial charge in [0.05, 0.1) is 5.54 Å². The van der Waals surface area contributed by atoms with Crippen LogP contribution in [0, 0.1) is 0 Å². The lowest BCUT2D eigenvalue weighted by atomic mass is 9.83. The maximum absolute atomic E-state index is 11.4. The van der Waals surface area contributed by atoms with E-state index >= 15 is 0 Å². The molecule has 0 aliphatic heterocycles. The lowest BCUT2D eigenvalue weighted by Crippen LogP contribution is -2.48. The third kappa shape index (κ3) is 3.11. The van der Waals surface area contributed by atoms with Crippen LogP contribution in [0.1, 0.15) is 51.4 Å². The highest BCUT2D eigenvalue weighted by molar-refractivity contribution is 5.67. The van der Waals surface area contributed by atoms with Crippen LogP contribution in [0.4, 0.5) is 4.79 Å². The largest absolute Gasteiger partial charge is 0.448 e. The van der Waals surface area contributed by atoms with Crippen molar-refractivity contribution >= 4 is 6.09 Å². The minimum Gasteiger partial charge on any atom is -0.448 e. The maximum atomic E-state index is 11.4. The Kier molecular flexibility index (Phi) is 3.69. The van der Waals surface area contributed by atoms with Crippen LogP contribution in [-0.4, -0.2) is 24.3 Å². The van der Waals surface area contributed by atoms with Crippen molar-refractivity contribution in [2.24, 2.45) is 5.73 Å². The number of nitrogens with two attached hydrogens (primary N) is 1. The Labute approximate surface area is 96.9 Å². The van der Waals surface area contributed by atoms with Crippen LogP contribution in [-0.2, 0) is 4.74 Å². The first-order valence-electron chi connectivity index (χ1n) is 6.40. The lowest BCUT2D eigenvalue weighted by molar-refractivity contribution is 0.0953. The van der Waals surface area contributed by atoms with E-state index in [9.17, 15) is 4.79 Å². The van der Waals surface area contributed by atoms with E-state index < -0.39 is 0 Å². The fourth-order valence-electron chi connectivity index (χ4n) is 2.37. The Bertz CT molecular complexity index is 245. The van der Waals surface area contributed by atoms with Crippen LogP contribution in [0.5, 0.6) is 0 Å². The smallest absolute Gasteiger partial charge is 0.407 e. The first-order chi connectivity index (χ1) is 7.68. The normalized spacial score (nSPS) is 24.6. The van der Waals surface area contributed by atoms with Gasteiger partial charge in [-0.15, -0.1) is 0 Å². The fourth-order valence-corrected chi connectivity index (χ4v) is 2.37. The second-order valence-electron chi connectivity index (χ2n) is 5.27. The molecule has 0 bridgehead atoms. The lowest BCUT2D eigenvalue weighted by Gasteiger charge is -2.33. The van der Waals surface area contributed by atoms with Crippen LogP contribution in [0.15, 0.2) is 0 Å². The zero-order chi connectivity index (χ0) is 11.4. The summed E-state index contributed by atoms with van der Waals surface area (Å²) in [5.41, 5.74) is 5.91. The van der Waals surface area contributed by atoms with E-state index in [0.717, 1.165) is 38.5 Å². The molecule has 0 spiro atoms. The molecule has 1 amide bonds. The molecule has 92 valence electrons. The summed E-state index contributed by atoms with van der Waals surface area (Å²) < 4.78 is 5.22. The van der Waals surface area contributed by atoms with Gasteiger partial charge in [-0.2, -0.15) is 0 Å². The molecule has 0 unspecified atom stereocenters. The van der Waals surface area contributed by atoms with Crippen molar-refractivity contribution in [2.45, 2.75) is 62.9 Å². The monoisotopic (exact) mass is 226 g/mol. The van der Waals surface area contributed by atoms with Crippen LogP contribution in [0.3, 0.4) is 0 Å². The Balaban J connectivity index is 1.66. The molecule has 2 aliphatic rings. The van der Waals surface area contributed by atoms with E-state index in [0.29, 0.717) is 12.6 Å². The number of alkyl carbamates (subject to hydrolysis) is 1. The number of nitrogens with one attached hydrogen (secondary N) is 1. The zero-order valence-electron chi connectivity index (χ0n) is 9.84. The maximum Gasteiger partial charge on any atom is 0.407 e. The van der Waals surface area contributed by atoms with Gasteiger partial charge in [0, 0.05) is 6.04 Å². The van der Waals surface area contributed by atoms with Crippen molar-refractivity contribution in [3.63, 3.8) is 0 Å². The van der Waals surface area contributed by atoms with Crippen molar-refractivity contribution < 1.29 is 9.53 Å². The molecule has 0 heterocycles. The molecule has 0 aromatic rings. The number of hydrogen-bond donors (Lipinski definition) is 2. The molecule has 2 aliphatic carbocycles. The highest BCUT2D eigenvalue weighted by Gasteiger charge is 2.29. The van der Waals surface area contributed by atoms with Gasteiger partial charge < -0.3 is 15.8 Å². The van der Waals surface area contributed by atoms with Gasteiger partial charge in [0.2, 0.25) is 0 Å². The number of ether oxygens (including phenoxy) is 1. The Morgan fingerprint density at radius 2 is 1.94 bits per heavy atom. The molecule has 2 rings (SSSR count). The van der Waals surface area contributed by atoms with Gasteiger partial charge in [-0.25, -0.2) is 4.79 Å². The van der Waals surface area contributed by atoms with E-state index in [1.165, 1.54) is 12.8 Å². The average molecular weight is 226 g/mol. The summed E-state index contributed by atoms with van der Waals surface area (Å²) in [4.78, 5) is 11.4. The summed E-state index contributed by atoms with van der Waals surface area (Å²) in [6, 6.07) is 0.340. The minimum absolute atomic E-state index is 0.269. The van der Waals surface area contributed by atoms with Crippen molar-refractivity contribution in [1.82, 2.24) is 5.32 Å². The molecule has 16 heavy (non-hydrogen) atoms. The molecule has 0 radical (unpaired) electrons. The second kappa shape index (κ2) is 5.04. The highest BCUT2D eigenvalue weighted by Crippen LogP contribution is 2.26. The van der Waals surface area contributed by atoms with Gasteiger partial charge in [-0.05, 0) is 32.1 Å². The second-order valence-corrected chi connectivity index (χ2v) is 5.27. The zero-order valence-corrected chi connectivity index (χ0v) is 9.84. The number of rotatable bonds is 3. The quantitative estimate of drug-likeness (QED) is 0.772. The van der Waals surface area contributed by atoms with Gasteiger partial charge in [-0.1, -0.05) is 19.3 Å². The summed E-state index contributed by atoms with van der Waals surface area (Å²) in [5.74, 6) is 0. The Morgan fingerprint density at radius 3 is 2.50 bits per heavy atom. The van der Waals surface area contributed by atoms with Crippen molar-refractivity contribution in [3.8, 4) is 0 Å². The van der Waals surface area contributed by atoms with Crippen LogP contribution >= 0.6 is 0 Å². The Morgan fingerprint density at radius 1 is 1.25 bits per heavy atom. The molecular formula is C12H22N2O2. The SMILES string of the molecule is NC1(COC(=O)NC2CCC2)CCCCC1. The summed E-state index contributed by atoms with van der Waals surface area (Å²) in [7, 11) is 0. The first kappa shape index (κ1) is 11.7. The van der Waals surface area contributed by atoms with Crippen molar-refractivity contribution in [2.75, 3.05) is 6.61 Å². The average Bonchev–Trinajstić information content (AvgIpc) is 2.22. The topological polar surface area (TPSA) is 64.3 Å². The van der Waals surface area contributed by atoms with E-state index in [1.54, 1.807) is 0 Å². The predicted octanol–water partition coefficient (Wildman–Crippen LogP) is 1.93. The minimum atomic E-state index is -0.292. The van der Waals surface area contributed by atoms with E-state index in [4.69, 9.17) is 10.5 Å². The molecule has 3 N–H and O–H groups in total. The van der Waals surface area contributed by atoms with E-state index in [2.05, 4.69) is 5.32 Å². The number of amides is 1. The Hall–Kier alpha value is -0.770. The first-order valence-corrected chi connectivity index (χ1v) is 6.40. The third-order valence-electron chi connectivity index (χ3n) is 3.77. The van der Waals surface area contributed by atoms with Crippen molar-refractivity contribution in [3.05, 3.63) is 0 Å². The summed E-state index contributed by atoms with van der Waals surface area (Å²) in [6.45, 7) is 0.367. The van der Waals surface area contributed by atoms with E-state index in [1.807, 2.05) is 0 Å². The van der Waals surface area contributed by atoms with Gasteiger partial charge in [0.1, 0.15) is 6.61 Å². The summed E-state index contributed by atoms with van der Waals surface area (Å²) >= 11 is 0. The molecule has 2 saturated carbocycles. The summed E-state index contributed by atoms with van der Waals surface area (Å²) in [6.07, 6.45) is 8.62. The molecule has 2 fully saturated rings. The molecule has 4 heteroatoms. The standard InChI is InChI=1S/C12H22N2O2/c13-12(7-2-1-3-8-12)9-16-11(15)14-10-5-4-6-10/h10H,1-9,13H2,(H,14,15). The molecule has 0 saturated heterocycles. The molecular weight excluding hydrogens is 204 g/mol. The predicted molar refractivity (Wildman–Crippen MR) is 62.1 cm³/mol. The van der Waals surface area contributed by atoms with Gasteiger partial charge >= 0.3 is 6.09 Å². The summed E-state index contributed by atoms with van der Waals surface area (Å²) in [5, 5.41) is 2.86. The molecule has 4 nitrogen and oxygen atoms in total.